The molecule has 0 atom stereocenters. The number of aryl methyl sites for hydroxylation is 1. The largest absolute Gasteiger partial charge is 0.338 e. The first kappa shape index (κ1) is 11.4. The topological polar surface area (TPSA) is 68.8 Å². The molecule has 2 aromatic rings. The van der Waals surface area contributed by atoms with Gasteiger partial charge in [0.05, 0.1) is 18.3 Å². The molecule has 0 bridgehead atoms. The van der Waals surface area contributed by atoms with Gasteiger partial charge in [0.2, 0.25) is 11.7 Å². The summed E-state index contributed by atoms with van der Waals surface area (Å²) >= 11 is 0. The van der Waals surface area contributed by atoms with Gasteiger partial charge in [-0.05, 0) is 12.8 Å². The van der Waals surface area contributed by atoms with E-state index >= 15 is 0 Å². The van der Waals surface area contributed by atoms with E-state index in [9.17, 15) is 0 Å². The second-order valence-corrected chi connectivity index (χ2v) is 4.78. The molecule has 3 rings (SSSR count). The minimum Gasteiger partial charge on any atom is -0.338 e. The number of aromatic nitrogens is 4. The smallest absolute Gasteiger partial charge is 0.240 e. The number of nitrogens with one attached hydrogen (secondary N) is 1. The van der Waals surface area contributed by atoms with Crippen LogP contribution in [0.15, 0.2) is 16.9 Å². The van der Waals surface area contributed by atoms with Gasteiger partial charge in [-0.3, -0.25) is 4.68 Å². The minimum atomic E-state index is 0.603. The Morgan fingerprint density at radius 3 is 3.00 bits per heavy atom. The van der Waals surface area contributed by atoms with Crippen LogP contribution in [-0.4, -0.2) is 26.0 Å². The Balaban J connectivity index is 1.62. The summed E-state index contributed by atoms with van der Waals surface area (Å²) in [6.07, 6.45) is 8.76. The maximum atomic E-state index is 5.23. The molecule has 6 heteroatoms. The second-order valence-electron chi connectivity index (χ2n) is 4.78. The molecule has 18 heavy (non-hydrogen) atoms. The van der Waals surface area contributed by atoms with Crippen LogP contribution in [0.3, 0.4) is 0 Å². The van der Waals surface area contributed by atoms with Crippen LogP contribution in [0.1, 0.15) is 31.6 Å². The van der Waals surface area contributed by atoms with E-state index in [4.69, 9.17) is 4.52 Å². The molecule has 96 valence electrons. The molecule has 0 unspecified atom stereocenters. The third kappa shape index (κ3) is 2.43. The summed E-state index contributed by atoms with van der Waals surface area (Å²) in [4.78, 5) is 4.36. The molecule has 1 fully saturated rings. The average molecular weight is 247 g/mol. The van der Waals surface area contributed by atoms with Crippen LogP contribution >= 0.6 is 0 Å². The Morgan fingerprint density at radius 1 is 1.44 bits per heavy atom. The standard InChI is InChI=1S/C12H17N5O/c1-17-8-9(6-14-17)12-15-11(18-16-12)7-13-10-4-2-3-5-10/h6,8,10,13H,2-5,7H2,1H3. The van der Waals surface area contributed by atoms with Crippen molar-refractivity contribution in [1.82, 2.24) is 25.2 Å². The van der Waals surface area contributed by atoms with E-state index in [2.05, 4.69) is 20.6 Å². The average Bonchev–Trinajstić information content (AvgIpc) is 3.07. The van der Waals surface area contributed by atoms with Crippen LogP contribution in [0.5, 0.6) is 0 Å². The van der Waals surface area contributed by atoms with E-state index in [1.165, 1.54) is 25.7 Å². The van der Waals surface area contributed by atoms with Crippen molar-refractivity contribution in [3.05, 3.63) is 18.3 Å². The highest BCUT2D eigenvalue weighted by molar-refractivity contribution is 5.50. The maximum Gasteiger partial charge on any atom is 0.240 e. The Morgan fingerprint density at radius 2 is 2.28 bits per heavy atom. The van der Waals surface area contributed by atoms with E-state index in [-0.39, 0.29) is 0 Å². The van der Waals surface area contributed by atoms with Gasteiger partial charge in [0.25, 0.3) is 0 Å². The van der Waals surface area contributed by atoms with Crippen LogP contribution in [0, 0.1) is 0 Å². The highest BCUT2D eigenvalue weighted by Crippen LogP contribution is 2.18. The normalized spacial score (nSPS) is 16.5. The molecule has 0 radical (unpaired) electrons. The first-order valence-corrected chi connectivity index (χ1v) is 6.36. The molecule has 0 saturated heterocycles. The monoisotopic (exact) mass is 247 g/mol. The van der Waals surface area contributed by atoms with Gasteiger partial charge in [-0.25, -0.2) is 0 Å². The number of nitrogens with zero attached hydrogens (tertiary/aromatic N) is 4. The quantitative estimate of drug-likeness (QED) is 0.886. The zero-order chi connectivity index (χ0) is 12.4. The van der Waals surface area contributed by atoms with Gasteiger partial charge in [0, 0.05) is 19.3 Å². The maximum absolute atomic E-state index is 5.23. The molecule has 0 spiro atoms. The van der Waals surface area contributed by atoms with Crippen molar-refractivity contribution in [3.63, 3.8) is 0 Å². The van der Waals surface area contributed by atoms with Crippen molar-refractivity contribution < 1.29 is 4.52 Å². The Labute approximate surface area is 105 Å². The Kier molecular flexibility index (Phi) is 3.10. The predicted molar refractivity (Wildman–Crippen MR) is 65.6 cm³/mol. The fourth-order valence-electron chi connectivity index (χ4n) is 2.34. The first-order valence-electron chi connectivity index (χ1n) is 6.36. The summed E-state index contributed by atoms with van der Waals surface area (Å²) in [6, 6.07) is 0.610. The van der Waals surface area contributed by atoms with Gasteiger partial charge in [0.1, 0.15) is 0 Å². The summed E-state index contributed by atoms with van der Waals surface area (Å²) in [6.45, 7) is 0.651. The molecule has 1 saturated carbocycles. The lowest BCUT2D eigenvalue weighted by Crippen LogP contribution is -2.25. The molecule has 2 heterocycles. The van der Waals surface area contributed by atoms with Gasteiger partial charge in [-0.15, -0.1) is 0 Å². The molecule has 6 nitrogen and oxygen atoms in total. The lowest BCUT2D eigenvalue weighted by Gasteiger charge is -2.08. The van der Waals surface area contributed by atoms with Crippen molar-refractivity contribution in [2.24, 2.45) is 7.05 Å². The van der Waals surface area contributed by atoms with Crippen molar-refractivity contribution in [2.75, 3.05) is 0 Å². The highest BCUT2D eigenvalue weighted by atomic mass is 16.5. The summed E-state index contributed by atoms with van der Waals surface area (Å²) in [7, 11) is 1.87. The fraction of sp³-hybridized carbons (Fsp3) is 0.583. The lowest BCUT2D eigenvalue weighted by atomic mass is 10.2. The van der Waals surface area contributed by atoms with Crippen molar-refractivity contribution in [1.29, 1.82) is 0 Å². The molecular weight excluding hydrogens is 230 g/mol. The van der Waals surface area contributed by atoms with Gasteiger partial charge < -0.3 is 9.84 Å². The summed E-state index contributed by atoms with van der Waals surface area (Å²) < 4.78 is 6.95. The molecule has 1 aliphatic carbocycles. The van der Waals surface area contributed by atoms with Gasteiger partial charge >= 0.3 is 0 Å². The molecular formula is C12H17N5O. The van der Waals surface area contributed by atoms with E-state index in [1.807, 2.05) is 13.2 Å². The van der Waals surface area contributed by atoms with Crippen molar-refractivity contribution >= 4 is 0 Å². The van der Waals surface area contributed by atoms with E-state index in [1.54, 1.807) is 10.9 Å². The third-order valence-corrected chi connectivity index (χ3v) is 3.33. The molecule has 0 amide bonds. The van der Waals surface area contributed by atoms with Crippen molar-refractivity contribution in [2.45, 2.75) is 38.3 Å². The van der Waals surface area contributed by atoms with Gasteiger partial charge in [0.15, 0.2) is 0 Å². The van der Waals surface area contributed by atoms with E-state index in [0.29, 0.717) is 24.3 Å². The first-order chi connectivity index (χ1) is 8.81. The zero-order valence-electron chi connectivity index (χ0n) is 10.5. The van der Waals surface area contributed by atoms with Crippen LogP contribution in [0.25, 0.3) is 11.4 Å². The highest BCUT2D eigenvalue weighted by Gasteiger charge is 2.16. The lowest BCUT2D eigenvalue weighted by molar-refractivity contribution is 0.357. The second kappa shape index (κ2) is 4.89. The molecule has 1 N–H and O–H groups in total. The van der Waals surface area contributed by atoms with Crippen LogP contribution in [0.2, 0.25) is 0 Å². The Bertz CT molecular complexity index is 512. The third-order valence-electron chi connectivity index (χ3n) is 3.33. The van der Waals surface area contributed by atoms with Crippen LogP contribution in [-0.2, 0) is 13.6 Å². The number of hydrogen-bond acceptors (Lipinski definition) is 5. The molecule has 2 aromatic heterocycles. The Hall–Kier alpha value is -1.69. The van der Waals surface area contributed by atoms with Crippen LogP contribution in [0.4, 0.5) is 0 Å². The molecule has 0 aliphatic heterocycles. The SMILES string of the molecule is Cn1cc(-c2noc(CNC3CCCC3)n2)cn1. The molecule has 1 aliphatic rings. The number of hydrogen-bond donors (Lipinski definition) is 1. The minimum absolute atomic E-state index is 0.603. The van der Waals surface area contributed by atoms with Crippen LogP contribution < -0.4 is 5.32 Å². The van der Waals surface area contributed by atoms with Crippen molar-refractivity contribution in [3.8, 4) is 11.4 Å². The predicted octanol–water partition coefficient (Wildman–Crippen LogP) is 1.50. The summed E-state index contributed by atoms with van der Waals surface area (Å²) in [5, 5.41) is 11.5. The van der Waals surface area contributed by atoms with Gasteiger partial charge in [-0.1, -0.05) is 18.0 Å². The summed E-state index contributed by atoms with van der Waals surface area (Å²) in [5.41, 5.74) is 0.883. The van der Waals surface area contributed by atoms with Gasteiger partial charge in [-0.2, -0.15) is 10.1 Å². The summed E-state index contributed by atoms with van der Waals surface area (Å²) in [5.74, 6) is 1.24. The van der Waals surface area contributed by atoms with E-state index in [0.717, 1.165) is 5.56 Å². The van der Waals surface area contributed by atoms with E-state index < -0.39 is 0 Å². The fourth-order valence-corrected chi connectivity index (χ4v) is 2.34. The zero-order valence-corrected chi connectivity index (χ0v) is 10.5. The molecule has 0 aromatic carbocycles. The number of rotatable bonds is 4.